The van der Waals surface area contributed by atoms with Crippen molar-refractivity contribution in [1.29, 1.82) is 0 Å². The second-order valence-electron chi connectivity index (χ2n) is 7.34. The van der Waals surface area contributed by atoms with Gasteiger partial charge in [-0.25, -0.2) is 9.67 Å². The van der Waals surface area contributed by atoms with E-state index in [0.29, 0.717) is 10.2 Å². The van der Waals surface area contributed by atoms with Gasteiger partial charge in [0.15, 0.2) is 11.5 Å². The molecule has 35 heavy (non-hydrogen) atoms. The van der Waals surface area contributed by atoms with Crippen LogP contribution in [0.4, 0.5) is 32.0 Å². The molecule has 1 N–H and O–H groups in total. The van der Waals surface area contributed by atoms with Gasteiger partial charge in [-0.05, 0) is 36.8 Å². The molecule has 0 atom stereocenters. The minimum atomic E-state index is -4.72. The molecular weight excluding hydrogens is 476 g/mol. The Bertz CT molecular complexity index is 1320. The second-order valence-corrected chi connectivity index (χ2v) is 7.34. The van der Waals surface area contributed by atoms with Crippen molar-refractivity contribution in [3.05, 3.63) is 90.1 Å². The van der Waals surface area contributed by atoms with Crippen molar-refractivity contribution in [2.24, 2.45) is 0 Å². The summed E-state index contributed by atoms with van der Waals surface area (Å²) in [7, 11) is 0. The lowest BCUT2D eigenvalue weighted by molar-refractivity contribution is -0.142. The van der Waals surface area contributed by atoms with E-state index in [-0.39, 0.29) is 29.2 Å². The molecule has 4 rings (SSSR count). The van der Waals surface area contributed by atoms with E-state index in [1.807, 2.05) is 0 Å². The zero-order valence-electron chi connectivity index (χ0n) is 17.6. The minimum absolute atomic E-state index is 0.0456. The van der Waals surface area contributed by atoms with Crippen molar-refractivity contribution >= 4 is 11.6 Å². The van der Waals surface area contributed by atoms with E-state index in [9.17, 15) is 31.1 Å². The summed E-state index contributed by atoms with van der Waals surface area (Å²) in [5.74, 6) is -0.822. The average Bonchev–Trinajstić information content (AvgIpc) is 3.11. The van der Waals surface area contributed by atoms with Crippen LogP contribution in [0, 0.1) is 0 Å². The van der Waals surface area contributed by atoms with E-state index in [2.05, 4.69) is 20.4 Å². The summed E-state index contributed by atoms with van der Waals surface area (Å²) < 4.78 is 80.0. The van der Waals surface area contributed by atoms with Crippen LogP contribution in [0.15, 0.2) is 84.4 Å². The van der Waals surface area contributed by atoms with Gasteiger partial charge in [-0.3, -0.25) is 9.78 Å². The van der Waals surface area contributed by atoms with Gasteiger partial charge in [0, 0.05) is 23.5 Å². The Morgan fingerprint density at radius 1 is 1.03 bits per heavy atom. The van der Waals surface area contributed by atoms with Gasteiger partial charge < -0.3 is 5.32 Å². The molecule has 0 spiro atoms. The highest BCUT2D eigenvalue weighted by atomic mass is 19.4. The summed E-state index contributed by atoms with van der Waals surface area (Å²) in [6.45, 7) is 0. The SMILES string of the molecule is O=C(Nc1ccc(-n2nc(-c3cccnc3)cc2C(F)(F)F)nc1)C1=CC=CC(C(F)(F)F)=CC1. The van der Waals surface area contributed by atoms with Crippen LogP contribution in [-0.4, -0.2) is 31.8 Å². The van der Waals surface area contributed by atoms with Gasteiger partial charge in [0.25, 0.3) is 5.91 Å². The monoisotopic (exact) mass is 491 g/mol. The Balaban J connectivity index is 1.54. The van der Waals surface area contributed by atoms with Crippen LogP contribution in [-0.2, 0) is 11.0 Å². The van der Waals surface area contributed by atoms with Crippen molar-refractivity contribution in [2.75, 3.05) is 5.32 Å². The topological polar surface area (TPSA) is 72.7 Å². The molecule has 0 aromatic carbocycles. The molecule has 1 amide bonds. The fourth-order valence-electron chi connectivity index (χ4n) is 3.21. The molecule has 0 unspecified atom stereocenters. The molecule has 1 aliphatic carbocycles. The number of carbonyl (C=O) groups excluding carboxylic acids is 1. The van der Waals surface area contributed by atoms with Crippen LogP contribution in [0.1, 0.15) is 12.1 Å². The lowest BCUT2D eigenvalue weighted by Crippen LogP contribution is -2.16. The summed E-state index contributed by atoms with van der Waals surface area (Å²) in [5.41, 5.74) is -1.28. The first kappa shape index (κ1) is 23.9. The lowest BCUT2D eigenvalue weighted by Gasteiger charge is -2.11. The minimum Gasteiger partial charge on any atom is -0.321 e. The molecule has 12 heteroatoms. The van der Waals surface area contributed by atoms with Gasteiger partial charge >= 0.3 is 12.4 Å². The number of rotatable bonds is 4. The van der Waals surface area contributed by atoms with Crippen LogP contribution in [0.3, 0.4) is 0 Å². The first-order chi connectivity index (χ1) is 16.5. The zero-order valence-corrected chi connectivity index (χ0v) is 17.6. The highest BCUT2D eigenvalue weighted by molar-refractivity contribution is 6.04. The number of anilines is 1. The van der Waals surface area contributed by atoms with Gasteiger partial charge in [0.1, 0.15) is 0 Å². The number of allylic oxidation sites excluding steroid dienone is 5. The third-order valence-electron chi connectivity index (χ3n) is 4.91. The fourth-order valence-corrected chi connectivity index (χ4v) is 3.21. The zero-order chi connectivity index (χ0) is 25.2. The van der Waals surface area contributed by atoms with Crippen molar-refractivity contribution < 1.29 is 31.1 Å². The van der Waals surface area contributed by atoms with Crippen LogP contribution < -0.4 is 5.32 Å². The molecule has 6 nitrogen and oxygen atoms in total. The maximum atomic E-state index is 13.6. The van der Waals surface area contributed by atoms with Crippen molar-refractivity contribution in [3.8, 4) is 17.1 Å². The molecule has 0 aliphatic heterocycles. The van der Waals surface area contributed by atoms with Crippen LogP contribution >= 0.6 is 0 Å². The number of hydrogen-bond acceptors (Lipinski definition) is 4. The summed E-state index contributed by atoms with van der Waals surface area (Å²) in [6, 6.07) is 6.56. The molecule has 0 bridgehead atoms. The Hall–Kier alpha value is -4.22. The molecule has 180 valence electrons. The maximum Gasteiger partial charge on any atom is 0.433 e. The second kappa shape index (κ2) is 9.20. The Morgan fingerprint density at radius 3 is 2.46 bits per heavy atom. The fraction of sp³-hybridized carbons (Fsp3) is 0.130. The van der Waals surface area contributed by atoms with Crippen molar-refractivity contribution in [3.63, 3.8) is 0 Å². The summed E-state index contributed by atoms with van der Waals surface area (Å²) in [6.07, 6.45) is -1.38. The van der Waals surface area contributed by atoms with E-state index in [1.54, 1.807) is 12.1 Å². The number of amides is 1. The van der Waals surface area contributed by atoms with E-state index in [0.717, 1.165) is 30.5 Å². The molecule has 1 aliphatic rings. The number of halogens is 6. The standard InChI is InChI=1S/C23H15F6N5O/c24-22(25,26)16-5-1-3-14(6-7-16)21(35)32-17-8-9-20(31-13-17)34-19(23(27,28)29)11-18(33-34)15-4-2-10-30-12-15/h1-5,7-13H,6H2,(H,32,35). The highest BCUT2D eigenvalue weighted by Gasteiger charge is 2.37. The van der Waals surface area contributed by atoms with Crippen LogP contribution in [0.5, 0.6) is 0 Å². The van der Waals surface area contributed by atoms with E-state index < -0.39 is 29.5 Å². The number of carbonyl (C=O) groups is 1. The summed E-state index contributed by atoms with van der Waals surface area (Å²) >= 11 is 0. The molecule has 0 saturated heterocycles. The van der Waals surface area contributed by atoms with Gasteiger partial charge in [-0.2, -0.15) is 31.4 Å². The normalized spacial score (nSPS) is 14.2. The quantitative estimate of drug-likeness (QED) is 0.478. The Kier molecular flexibility index (Phi) is 6.29. The van der Waals surface area contributed by atoms with Crippen LogP contribution in [0.2, 0.25) is 0 Å². The molecule has 3 aromatic rings. The van der Waals surface area contributed by atoms with Gasteiger partial charge in [-0.1, -0.05) is 24.3 Å². The van der Waals surface area contributed by atoms with E-state index >= 15 is 0 Å². The van der Waals surface area contributed by atoms with Gasteiger partial charge in [0.2, 0.25) is 0 Å². The number of hydrogen-bond donors (Lipinski definition) is 1. The lowest BCUT2D eigenvalue weighted by atomic mass is 10.1. The number of pyridine rings is 2. The molecular formula is C23H15F6N5O. The maximum absolute atomic E-state index is 13.6. The predicted octanol–water partition coefficient (Wildman–Crippen LogP) is 5.66. The first-order valence-corrected chi connectivity index (χ1v) is 10.0. The van der Waals surface area contributed by atoms with Gasteiger partial charge in [-0.15, -0.1) is 0 Å². The van der Waals surface area contributed by atoms with E-state index in [1.165, 1.54) is 30.6 Å². The predicted molar refractivity (Wildman–Crippen MR) is 114 cm³/mol. The Morgan fingerprint density at radius 2 is 1.83 bits per heavy atom. The molecule has 0 saturated carbocycles. The summed E-state index contributed by atoms with van der Waals surface area (Å²) in [4.78, 5) is 20.3. The van der Waals surface area contributed by atoms with Crippen molar-refractivity contribution in [1.82, 2.24) is 19.7 Å². The van der Waals surface area contributed by atoms with Crippen LogP contribution in [0.25, 0.3) is 17.1 Å². The smallest absolute Gasteiger partial charge is 0.321 e. The third-order valence-corrected chi connectivity index (χ3v) is 4.91. The Labute approximate surface area is 194 Å². The number of nitrogens with zero attached hydrogens (tertiary/aromatic N) is 4. The molecule has 0 fully saturated rings. The number of alkyl halides is 6. The largest absolute Gasteiger partial charge is 0.433 e. The highest BCUT2D eigenvalue weighted by Crippen LogP contribution is 2.34. The number of nitrogens with one attached hydrogen (secondary N) is 1. The van der Waals surface area contributed by atoms with E-state index in [4.69, 9.17) is 0 Å². The van der Waals surface area contributed by atoms with Crippen molar-refractivity contribution in [2.45, 2.75) is 18.8 Å². The first-order valence-electron chi connectivity index (χ1n) is 10.0. The van der Waals surface area contributed by atoms with Gasteiger partial charge in [0.05, 0.1) is 23.2 Å². The summed E-state index contributed by atoms with van der Waals surface area (Å²) in [5, 5.41) is 6.48. The molecule has 3 heterocycles. The third kappa shape index (κ3) is 5.48. The molecule has 0 radical (unpaired) electrons. The molecule has 3 aromatic heterocycles. The average molecular weight is 491 g/mol. The number of aromatic nitrogens is 4.